The summed E-state index contributed by atoms with van der Waals surface area (Å²) in [6.07, 6.45) is 93.7. The molecule has 77 heavy (non-hydrogen) atoms. The van der Waals surface area contributed by atoms with Gasteiger partial charge < -0.3 is 14.2 Å². The van der Waals surface area contributed by atoms with Crippen LogP contribution in [-0.4, -0.2) is 37.2 Å². The van der Waals surface area contributed by atoms with Crippen LogP contribution in [0.5, 0.6) is 0 Å². The van der Waals surface area contributed by atoms with E-state index in [9.17, 15) is 14.4 Å². The van der Waals surface area contributed by atoms with Crippen LogP contribution < -0.4 is 0 Å². The van der Waals surface area contributed by atoms with E-state index in [4.69, 9.17) is 14.2 Å². The lowest BCUT2D eigenvalue weighted by atomic mass is 10.1. The molecule has 0 aliphatic heterocycles. The molecule has 0 N–H and O–H groups in total. The molecule has 0 aromatic heterocycles. The number of unbranched alkanes of at least 4 members (excludes halogenated alkanes) is 14. The first-order valence-corrected chi connectivity index (χ1v) is 30.6. The molecule has 0 aliphatic carbocycles. The van der Waals surface area contributed by atoms with Gasteiger partial charge >= 0.3 is 17.9 Å². The van der Waals surface area contributed by atoms with Crippen LogP contribution in [0.25, 0.3) is 0 Å². The van der Waals surface area contributed by atoms with Gasteiger partial charge in [0.1, 0.15) is 13.2 Å². The van der Waals surface area contributed by atoms with Crippen LogP contribution in [-0.2, 0) is 28.6 Å². The second kappa shape index (κ2) is 63.3. The van der Waals surface area contributed by atoms with Gasteiger partial charge in [-0.2, -0.15) is 0 Å². The van der Waals surface area contributed by atoms with E-state index in [-0.39, 0.29) is 37.5 Å². The molecule has 0 heterocycles. The zero-order chi connectivity index (χ0) is 55.7. The minimum atomic E-state index is -0.811. The van der Waals surface area contributed by atoms with Crippen molar-refractivity contribution < 1.29 is 28.6 Å². The third-order valence-electron chi connectivity index (χ3n) is 12.2. The van der Waals surface area contributed by atoms with Gasteiger partial charge in [-0.25, -0.2) is 0 Å². The van der Waals surface area contributed by atoms with E-state index in [1.807, 2.05) is 0 Å². The molecule has 0 rings (SSSR count). The molecule has 0 aliphatic rings. The van der Waals surface area contributed by atoms with Crippen molar-refractivity contribution >= 4 is 17.9 Å². The van der Waals surface area contributed by atoms with Gasteiger partial charge in [-0.3, -0.25) is 14.4 Å². The van der Waals surface area contributed by atoms with Crippen LogP contribution >= 0.6 is 0 Å². The number of hydrogen-bond acceptors (Lipinski definition) is 6. The van der Waals surface area contributed by atoms with E-state index in [0.717, 1.165) is 167 Å². The molecule has 0 amide bonds. The molecule has 0 fully saturated rings. The fourth-order valence-electron chi connectivity index (χ4n) is 7.69. The van der Waals surface area contributed by atoms with E-state index in [0.29, 0.717) is 19.3 Å². The van der Waals surface area contributed by atoms with E-state index < -0.39 is 6.10 Å². The normalized spacial score (nSPS) is 13.3. The first kappa shape index (κ1) is 71.8. The second-order valence-corrected chi connectivity index (χ2v) is 19.5. The molecule has 0 spiro atoms. The highest BCUT2D eigenvalue weighted by atomic mass is 16.6. The summed E-state index contributed by atoms with van der Waals surface area (Å²) in [4.78, 5) is 38.0. The Morgan fingerprint density at radius 2 is 0.506 bits per heavy atom. The predicted molar refractivity (Wildman–Crippen MR) is 334 cm³/mol. The van der Waals surface area contributed by atoms with E-state index >= 15 is 0 Å². The third kappa shape index (κ3) is 61.5. The van der Waals surface area contributed by atoms with E-state index in [1.165, 1.54) is 25.7 Å². The average molecular weight is 1060 g/mol. The van der Waals surface area contributed by atoms with Crippen molar-refractivity contribution in [3.8, 4) is 0 Å². The van der Waals surface area contributed by atoms with Crippen LogP contribution in [0.15, 0.2) is 170 Å². The number of carbonyl (C=O) groups is 3. The van der Waals surface area contributed by atoms with Crippen LogP contribution in [0.1, 0.15) is 239 Å². The Labute approximate surface area is 472 Å². The summed E-state index contributed by atoms with van der Waals surface area (Å²) in [6, 6.07) is 0. The van der Waals surface area contributed by atoms with Gasteiger partial charge in [-0.15, -0.1) is 0 Å². The zero-order valence-electron chi connectivity index (χ0n) is 49.1. The Bertz CT molecular complexity index is 1790. The van der Waals surface area contributed by atoms with Crippen molar-refractivity contribution in [1.82, 2.24) is 0 Å². The maximum Gasteiger partial charge on any atom is 0.306 e. The van der Waals surface area contributed by atoms with Gasteiger partial charge in [0.05, 0.1) is 0 Å². The molecule has 0 saturated carbocycles. The fraction of sp³-hybridized carbons (Fsp3) is 0.563. The monoisotopic (exact) mass is 1060 g/mol. The molecule has 1 atom stereocenters. The van der Waals surface area contributed by atoms with Crippen molar-refractivity contribution in [3.05, 3.63) is 170 Å². The number of hydrogen-bond donors (Lipinski definition) is 0. The van der Waals surface area contributed by atoms with E-state index in [2.05, 4.69) is 191 Å². The summed E-state index contributed by atoms with van der Waals surface area (Å²) >= 11 is 0. The van der Waals surface area contributed by atoms with Crippen molar-refractivity contribution in [3.63, 3.8) is 0 Å². The van der Waals surface area contributed by atoms with Gasteiger partial charge in [0.15, 0.2) is 6.10 Å². The molecule has 0 aromatic carbocycles. The highest BCUT2D eigenvalue weighted by molar-refractivity contribution is 5.71. The Hall–Kier alpha value is -5.23. The summed E-state index contributed by atoms with van der Waals surface area (Å²) in [5, 5.41) is 0. The maximum atomic E-state index is 12.8. The predicted octanol–water partition coefficient (Wildman–Crippen LogP) is 21.1. The van der Waals surface area contributed by atoms with Gasteiger partial charge in [-0.05, 0) is 135 Å². The third-order valence-corrected chi connectivity index (χ3v) is 12.2. The molecule has 1 unspecified atom stereocenters. The van der Waals surface area contributed by atoms with Crippen LogP contribution in [0.2, 0.25) is 0 Å². The fourth-order valence-corrected chi connectivity index (χ4v) is 7.69. The van der Waals surface area contributed by atoms with Gasteiger partial charge in [0, 0.05) is 19.3 Å². The highest BCUT2D eigenvalue weighted by Crippen LogP contribution is 2.13. The number of carbonyl (C=O) groups excluding carboxylic acids is 3. The van der Waals surface area contributed by atoms with Gasteiger partial charge in [-0.1, -0.05) is 255 Å². The summed E-state index contributed by atoms with van der Waals surface area (Å²) < 4.78 is 16.8. The molecule has 0 aromatic rings. The van der Waals surface area contributed by atoms with Crippen LogP contribution in [0.4, 0.5) is 0 Å². The minimum absolute atomic E-state index is 0.105. The molecule has 0 bridgehead atoms. The Kier molecular flexibility index (Phi) is 59.0. The number of rotatable bonds is 53. The van der Waals surface area contributed by atoms with Crippen molar-refractivity contribution in [2.75, 3.05) is 13.2 Å². The zero-order valence-corrected chi connectivity index (χ0v) is 49.1. The van der Waals surface area contributed by atoms with Crippen molar-refractivity contribution in [2.24, 2.45) is 0 Å². The quantitative estimate of drug-likeness (QED) is 0.0261. The average Bonchev–Trinajstić information content (AvgIpc) is 3.43. The lowest BCUT2D eigenvalue weighted by Crippen LogP contribution is -2.30. The molecule has 0 radical (unpaired) electrons. The summed E-state index contributed by atoms with van der Waals surface area (Å²) in [7, 11) is 0. The molecule has 6 nitrogen and oxygen atoms in total. The minimum Gasteiger partial charge on any atom is -0.462 e. The molecule has 6 heteroatoms. The van der Waals surface area contributed by atoms with Crippen molar-refractivity contribution in [1.29, 1.82) is 0 Å². The number of allylic oxidation sites excluding steroid dienone is 28. The van der Waals surface area contributed by atoms with Crippen LogP contribution in [0.3, 0.4) is 0 Å². The smallest absolute Gasteiger partial charge is 0.306 e. The topological polar surface area (TPSA) is 78.9 Å². The van der Waals surface area contributed by atoms with Gasteiger partial charge in [0.25, 0.3) is 0 Å². The summed E-state index contributed by atoms with van der Waals surface area (Å²) in [5.74, 6) is -0.974. The van der Waals surface area contributed by atoms with Crippen LogP contribution in [0, 0.1) is 0 Å². The van der Waals surface area contributed by atoms with Crippen molar-refractivity contribution in [2.45, 2.75) is 245 Å². The first-order valence-electron chi connectivity index (χ1n) is 30.6. The largest absolute Gasteiger partial charge is 0.462 e. The molecule has 430 valence electrons. The Balaban J connectivity index is 4.34. The highest BCUT2D eigenvalue weighted by Gasteiger charge is 2.19. The lowest BCUT2D eigenvalue weighted by molar-refractivity contribution is -0.167. The Morgan fingerprint density at radius 1 is 0.273 bits per heavy atom. The summed E-state index contributed by atoms with van der Waals surface area (Å²) in [5.41, 5.74) is 0. The second-order valence-electron chi connectivity index (χ2n) is 19.5. The molecule has 0 saturated heterocycles. The lowest BCUT2D eigenvalue weighted by Gasteiger charge is -2.18. The SMILES string of the molecule is CC/C=C\C/C=C\C/C=C\C/C=C\C/C=C\C/C=C\C/C=C\CCCCCCCC(=O)OCC(COC(=O)CCCCCCCCC)OC(=O)CCCCC/C=C\C/C=C\C/C=C\C/C=C\C/C=C\C/C=C\C/C=C\CC. The molecular formula is C71H110O6. The molecular weight excluding hydrogens is 949 g/mol. The summed E-state index contributed by atoms with van der Waals surface area (Å²) in [6.45, 7) is 6.31. The first-order chi connectivity index (χ1) is 38.0. The number of esters is 3. The maximum absolute atomic E-state index is 12.8. The van der Waals surface area contributed by atoms with Gasteiger partial charge in [0.2, 0.25) is 0 Å². The number of ether oxygens (including phenoxy) is 3. The standard InChI is InChI=1S/C71H110O6/c1-4-7-10-13-16-18-20-22-24-26-28-30-32-34-35-37-38-40-42-44-46-48-50-52-55-58-61-64-70(73)76-67-68(66-75-69(72)63-60-57-54-15-12-9-6-3)77-71(74)65-62-59-56-53-51-49-47-45-43-41-39-36-33-31-29-27-25-23-21-19-17-14-11-8-5-2/h7-8,10-11,16-19,22-25,28-31,34-36,38-40,43-46,49,51,68H,4-6,9,12-15,20-21,26-27,32-33,37,41-42,47-48,50,52-67H2,1-3H3/b10-7-,11-8-,18-16-,19-17-,24-22-,25-23-,30-28-,31-29-,35-34-,39-36-,40-38-,45-43-,46-44-,51-49-. The van der Waals surface area contributed by atoms with E-state index in [1.54, 1.807) is 0 Å². The Morgan fingerprint density at radius 3 is 0.805 bits per heavy atom.